The number of nitrogens with zero attached hydrogens (tertiary/aromatic N) is 7. The lowest BCUT2D eigenvalue weighted by Gasteiger charge is -2.28. The highest BCUT2D eigenvalue weighted by atomic mass is 35.5. The fraction of sp³-hybridized carbons (Fsp3) is 0.456. The van der Waals surface area contributed by atoms with Gasteiger partial charge in [0.2, 0.25) is 0 Å². The van der Waals surface area contributed by atoms with Crippen LogP contribution in [0.2, 0.25) is 0 Å². The first-order valence-electron chi connectivity index (χ1n) is 31.4. The Kier molecular flexibility index (Phi) is 35.7. The molecule has 3 amide bonds. The van der Waals surface area contributed by atoms with E-state index in [1.807, 2.05) is 48.5 Å². The number of fused-ring (bicyclic) bond motifs is 6. The molecule has 500 valence electrons. The smallest absolute Gasteiger partial charge is 0.407 e. The molecule has 2 aliphatic rings. The van der Waals surface area contributed by atoms with Crippen molar-refractivity contribution in [1.82, 2.24) is 49.5 Å². The molecule has 0 fully saturated rings. The second kappa shape index (κ2) is 43.8. The summed E-state index contributed by atoms with van der Waals surface area (Å²) in [5, 5.41) is 8.34. The molecule has 5 N–H and O–H groups in total. The molecule has 0 bridgehead atoms. The van der Waals surface area contributed by atoms with E-state index in [0.29, 0.717) is 137 Å². The zero-order valence-electron chi connectivity index (χ0n) is 53.8. The number of rotatable bonds is 33. The highest BCUT2D eigenvalue weighted by molar-refractivity contribution is 5.85. The van der Waals surface area contributed by atoms with Gasteiger partial charge in [-0.3, -0.25) is 18.6 Å². The van der Waals surface area contributed by atoms with E-state index in [4.69, 9.17) is 43.6 Å². The fourth-order valence-electron chi connectivity index (χ4n) is 10.2. The maximum atomic E-state index is 12.2. The van der Waals surface area contributed by atoms with Crippen molar-refractivity contribution in [2.75, 3.05) is 119 Å². The maximum absolute atomic E-state index is 12.2. The molecule has 0 atom stereocenters. The van der Waals surface area contributed by atoms with Gasteiger partial charge in [0, 0.05) is 101 Å². The lowest BCUT2D eigenvalue weighted by atomic mass is 9.98. The molecule has 3 aromatic heterocycles. The number of nitrogens with two attached hydrogens (primary N) is 1. The van der Waals surface area contributed by atoms with Crippen molar-refractivity contribution in [2.45, 2.75) is 84.2 Å². The van der Waals surface area contributed by atoms with Gasteiger partial charge in [0.1, 0.15) is 39.0 Å². The van der Waals surface area contributed by atoms with Crippen LogP contribution in [0.5, 0.6) is 0 Å². The lowest BCUT2D eigenvalue weighted by molar-refractivity contribution is -0.0695. The number of hydrogen-bond donors (Lipinski definition) is 4. The van der Waals surface area contributed by atoms with Crippen molar-refractivity contribution in [1.29, 1.82) is 0 Å². The van der Waals surface area contributed by atoms with E-state index in [2.05, 4.69) is 119 Å². The number of aromatic nitrogens is 6. The molecule has 0 radical (unpaired) electrons. The summed E-state index contributed by atoms with van der Waals surface area (Å²) in [6.07, 6.45) is 15.9. The Bertz CT molecular complexity index is 3000. The summed E-state index contributed by atoms with van der Waals surface area (Å²) in [7, 11) is 0. The quantitative estimate of drug-likeness (QED) is 0.0220. The number of imidazole rings is 3. The number of carbonyl (C=O) groups excluding carboxylic acids is 4. The number of halogens is 1. The first kappa shape index (κ1) is 74.9. The summed E-state index contributed by atoms with van der Waals surface area (Å²) in [6, 6.07) is 34.1. The lowest BCUT2D eigenvalue weighted by Crippen LogP contribution is -2.36. The Morgan fingerprint density at radius 2 is 0.815 bits per heavy atom. The van der Waals surface area contributed by atoms with Crippen molar-refractivity contribution < 1.29 is 57.1 Å². The molecule has 0 saturated carbocycles. The van der Waals surface area contributed by atoms with Crippen LogP contribution in [0.1, 0.15) is 94.4 Å². The first-order valence-corrected chi connectivity index (χ1v) is 31.4. The van der Waals surface area contributed by atoms with Gasteiger partial charge in [-0.2, -0.15) is 0 Å². The molecule has 7 aromatic rings. The van der Waals surface area contributed by atoms with Gasteiger partial charge in [-0.1, -0.05) is 104 Å². The Morgan fingerprint density at radius 3 is 1.17 bits per heavy atom. The predicted octanol–water partition coefficient (Wildman–Crippen LogP) is 10.2. The fourth-order valence-corrected chi connectivity index (χ4v) is 10.2. The Balaban J connectivity index is 0.000000254. The second-order valence-corrected chi connectivity index (χ2v) is 21.5. The highest BCUT2D eigenvalue weighted by Gasteiger charge is 2.30. The third-order valence-corrected chi connectivity index (χ3v) is 14.6. The first-order chi connectivity index (χ1) is 44.5. The molecule has 0 aliphatic heterocycles. The molecule has 2 aliphatic carbocycles. The van der Waals surface area contributed by atoms with E-state index >= 15 is 0 Å². The standard InChI is InChI=1S/C28H34N4O6.C25H34N2O5.C8H19N.C7H6N4O.ClH/c33-27(32-14-13-29-20-32)30-11-5-16-36-21-37-18-17-35-15-6-12-31-28(34)38-19-26-24-9-3-1-7-22(24)23-8-2-4-10-25(23)26;26-11-5-13-29-15-17-31-18-16-30-14-6-12-27-25(28)32-19-24-22-9-3-1-7-20(22)21-8-2-4-10-23(21)24;1-6-9(7(2)3)8(4)5;12-7(10-3-1-8-5-10)11-4-2-9-6-11;/h1-4,7-10,13-14,20,26H,5-6,11-12,15-19,21H2,(H,30,33)(H,31,34);1-4,7-10,24H,5-6,11-19,26H2,(H,27,28);7-8H,6H2,1-5H3;1-6H;1H. The molecule has 9 rings (SSSR count). The number of alkyl carbamates (subject to hydrolysis) is 2. The molecular formula is C68H94ClN11O12. The molecular weight excluding hydrogens is 1200 g/mol. The zero-order chi connectivity index (χ0) is 64.7. The molecule has 4 aromatic carbocycles. The van der Waals surface area contributed by atoms with Gasteiger partial charge >= 0.3 is 24.2 Å². The number of amides is 3. The minimum absolute atomic E-state index is 0. The van der Waals surface area contributed by atoms with Crippen molar-refractivity contribution >= 4 is 36.7 Å². The topological polar surface area (TPSA) is 261 Å². The van der Waals surface area contributed by atoms with Crippen LogP contribution < -0.4 is 21.7 Å². The van der Waals surface area contributed by atoms with Crippen molar-refractivity contribution in [3.63, 3.8) is 0 Å². The van der Waals surface area contributed by atoms with Gasteiger partial charge in [-0.15, -0.1) is 12.4 Å². The summed E-state index contributed by atoms with van der Waals surface area (Å²) in [5.41, 5.74) is 15.0. The van der Waals surface area contributed by atoms with E-state index in [0.717, 1.165) is 13.0 Å². The van der Waals surface area contributed by atoms with E-state index in [1.165, 1.54) is 77.2 Å². The van der Waals surface area contributed by atoms with Crippen LogP contribution in [-0.2, 0) is 37.9 Å². The zero-order valence-corrected chi connectivity index (χ0v) is 54.6. The van der Waals surface area contributed by atoms with E-state index in [9.17, 15) is 19.2 Å². The third kappa shape index (κ3) is 25.7. The third-order valence-electron chi connectivity index (χ3n) is 14.6. The molecule has 24 heteroatoms. The summed E-state index contributed by atoms with van der Waals surface area (Å²) < 4.78 is 47.7. The monoisotopic (exact) mass is 1290 g/mol. The molecule has 0 unspecified atom stereocenters. The van der Waals surface area contributed by atoms with E-state index < -0.39 is 12.2 Å². The summed E-state index contributed by atoms with van der Waals surface area (Å²) in [4.78, 5) is 61.2. The highest BCUT2D eigenvalue weighted by Crippen LogP contribution is 2.45. The summed E-state index contributed by atoms with van der Waals surface area (Å²) >= 11 is 0. The number of hydrogen-bond acceptors (Lipinski definition) is 17. The van der Waals surface area contributed by atoms with Crippen LogP contribution in [0.3, 0.4) is 0 Å². The van der Waals surface area contributed by atoms with Crippen LogP contribution in [0, 0.1) is 0 Å². The van der Waals surface area contributed by atoms with Gasteiger partial charge in [0.05, 0.1) is 46.2 Å². The molecule has 92 heavy (non-hydrogen) atoms. The van der Waals surface area contributed by atoms with Crippen molar-refractivity contribution in [3.8, 4) is 22.3 Å². The number of carbonyl (C=O) groups is 4. The average Bonchev–Trinajstić information content (AvgIpc) is 1.65. The van der Waals surface area contributed by atoms with Gasteiger partial charge in [-0.25, -0.2) is 34.1 Å². The largest absolute Gasteiger partial charge is 0.449 e. The SMILES string of the molecule is CCN(C(C)C)C(C)C.Cl.NCCCOCCOCCOCCCNC(=O)OCC1c2ccccc2-c2ccccc21.O=C(NCCCOCCOCOCCCNC(=O)n1ccnc1)OCC1c2ccccc2-c2ccccc21.O=C(n1ccnc1)n1ccnc1. The number of benzene rings is 4. The van der Waals surface area contributed by atoms with Crippen LogP contribution in [0.4, 0.5) is 19.2 Å². The molecule has 0 saturated heterocycles. The van der Waals surface area contributed by atoms with E-state index in [-0.39, 0.29) is 43.1 Å². The van der Waals surface area contributed by atoms with Gasteiger partial charge in [0.15, 0.2) is 0 Å². The normalized spacial score (nSPS) is 11.8. The van der Waals surface area contributed by atoms with Gasteiger partial charge in [-0.05, 0) is 111 Å². The molecule has 23 nitrogen and oxygen atoms in total. The van der Waals surface area contributed by atoms with Crippen molar-refractivity contribution in [3.05, 3.63) is 175 Å². The minimum atomic E-state index is -0.423. The Labute approximate surface area is 547 Å². The molecule has 0 spiro atoms. The molecule has 3 heterocycles. The van der Waals surface area contributed by atoms with Gasteiger partial charge in [0.25, 0.3) is 0 Å². The Hall–Kier alpha value is -7.84. The van der Waals surface area contributed by atoms with Crippen LogP contribution >= 0.6 is 12.4 Å². The summed E-state index contributed by atoms with van der Waals surface area (Å²) in [5.74, 6) is 0.122. The minimum Gasteiger partial charge on any atom is -0.449 e. The van der Waals surface area contributed by atoms with Crippen LogP contribution in [-0.4, -0.2) is 189 Å². The maximum Gasteiger partial charge on any atom is 0.407 e. The average molecular weight is 1290 g/mol. The van der Waals surface area contributed by atoms with Crippen LogP contribution in [0.25, 0.3) is 22.3 Å². The van der Waals surface area contributed by atoms with E-state index in [1.54, 1.807) is 37.2 Å². The Morgan fingerprint density at radius 1 is 0.478 bits per heavy atom. The van der Waals surface area contributed by atoms with Crippen LogP contribution in [0.15, 0.2) is 153 Å². The number of nitrogens with one attached hydrogen (secondary N) is 3. The predicted molar refractivity (Wildman–Crippen MR) is 355 cm³/mol. The van der Waals surface area contributed by atoms with Crippen molar-refractivity contribution in [2.24, 2.45) is 5.73 Å². The van der Waals surface area contributed by atoms with Gasteiger partial charge < -0.3 is 59.6 Å². The number of ether oxygens (including phenoxy) is 8. The summed E-state index contributed by atoms with van der Waals surface area (Å²) in [6.45, 7) is 20.5. The second-order valence-electron chi connectivity index (χ2n) is 21.5.